The molecule has 1 atom stereocenters. The normalized spacial score (nSPS) is 12.5. The van der Waals surface area contributed by atoms with Gasteiger partial charge in [-0.25, -0.2) is 8.78 Å². The van der Waals surface area contributed by atoms with Crippen molar-refractivity contribution in [1.82, 2.24) is 10.6 Å². The SMILES string of the molecule is CCNC(=NCC(C)c1ccc(F)cc1F)NCCCOC.I. The summed E-state index contributed by atoms with van der Waals surface area (Å²) in [5.41, 5.74) is 0.473. The van der Waals surface area contributed by atoms with Crippen LogP contribution >= 0.6 is 24.0 Å². The van der Waals surface area contributed by atoms with E-state index in [9.17, 15) is 8.78 Å². The fourth-order valence-corrected chi connectivity index (χ4v) is 1.99. The van der Waals surface area contributed by atoms with Gasteiger partial charge in [0.2, 0.25) is 0 Å². The molecule has 0 fully saturated rings. The molecule has 0 spiro atoms. The molecule has 0 aliphatic heterocycles. The summed E-state index contributed by atoms with van der Waals surface area (Å²) < 4.78 is 31.6. The number of methoxy groups -OCH3 is 1. The standard InChI is InChI=1S/C16H25F2N3O.HI/c1-4-19-16(20-8-5-9-22-3)21-11-12(2)14-7-6-13(17)10-15(14)18;/h6-7,10,12H,4-5,8-9,11H2,1-3H3,(H2,19,20,21);1H. The van der Waals surface area contributed by atoms with E-state index in [4.69, 9.17) is 4.74 Å². The first-order valence-electron chi connectivity index (χ1n) is 7.54. The Labute approximate surface area is 154 Å². The van der Waals surface area contributed by atoms with E-state index in [2.05, 4.69) is 15.6 Å². The molecule has 1 unspecified atom stereocenters. The zero-order valence-corrected chi connectivity index (χ0v) is 16.2. The van der Waals surface area contributed by atoms with E-state index in [1.807, 2.05) is 13.8 Å². The highest BCUT2D eigenvalue weighted by Crippen LogP contribution is 2.19. The minimum Gasteiger partial charge on any atom is -0.385 e. The average molecular weight is 441 g/mol. The van der Waals surface area contributed by atoms with Gasteiger partial charge in [0.05, 0.1) is 0 Å². The number of hydrogen-bond acceptors (Lipinski definition) is 2. The van der Waals surface area contributed by atoms with Gasteiger partial charge >= 0.3 is 0 Å². The lowest BCUT2D eigenvalue weighted by molar-refractivity contribution is 0.195. The summed E-state index contributed by atoms with van der Waals surface area (Å²) >= 11 is 0. The Morgan fingerprint density at radius 2 is 2.04 bits per heavy atom. The highest BCUT2D eigenvalue weighted by Gasteiger charge is 2.11. The van der Waals surface area contributed by atoms with Crippen molar-refractivity contribution in [3.05, 3.63) is 35.4 Å². The first kappa shape index (κ1) is 22.0. The van der Waals surface area contributed by atoms with Crippen LogP contribution in [0.2, 0.25) is 0 Å². The van der Waals surface area contributed by atoms with E-state index in [0.717, 1.165) is 25.6 Å². The molecule has 1 aromatic carbocycles. The van der Waals surface area contributed by atoms with Gasteiger partial charge in [0.15, 0.2) is 5.96 Å². The number of benzene rings is 1. The summed E-state index contributed by atoms with van der Waals surface area (Å²) in [5.74, 6) is -0.533. The molecular formula is C16H26F2IN3O. The first-order chi connectivity index (χ1) is 10.6. The Balaban J connectivity index is 0.00000484. The molecule has 4 nitrogen and oxygen atoms in total. The van der Waals surface area contributed by atoms with Crippen LogP contribution in [-0.4, -0.2) is 39.3 Å². The molecule has 0 heterocycles. The smallest absolute Gasteiger partial charge is 0.191 e. The van der Waals surface area contributed by atoms with E-state index in [0.29, 0.717) is 24.7 Å². The second-order valence-electron chi connectivity index (χ2n) is 5.06. The van der Waals surface area contributed by atoms with Crippen molar-refractivity contribution in [3.63, 3.8) is 0 Å². The Kier molecular flexibility index (Phi) is 11.9. The Bertz CT molecular complexity index is 486. The Hall–Kier alpha value is -0.960. The second-order valence-corrected chi connectivity index (χ2v) is 5.06. The quantitative estimate of drug-likeness (QED) is 0.282. The number of aliphatic imine (C=N–C) groups is 1. The number of nitrogens with zero attached hydrogens (tertiary/aromatic N) is 1. The van der Waals surface area contributed by atoms with Crippen LogP contribution in [0.5, 0.6) is 0 Å². The average Bonchev–Trinajstić information content (AvgIpc) is 2.48. The van der Waals surface area contributed by atoms with Crippen LogP contribution in [0.25, 0.3) is 0 Å². The highest BCUT2D eigenvalue weighted by molar-refractivity contribution is 14.0. The van der Waals surface area contributed by atoms with Gasteiger partial charge < -0.3 is 15.4 Å². The molecule has 0 aliphatic carbocycles. The molecule has 0 aromatic heterocycles. The lowest BCUT2D eigenvalue weighted by atomic mass is 10.0. The number of hydrogen-bond donors (Lipinski definition) is 2. The van der Waals surface area contributed by atoms with Crippen LogP contribution < -0.4 is 10.6 Å². The van der Waals surface area contributed by atoms with Gasteiger partial charge in [-0.1, -0.05) is 13.0 Å². The molecular weight excluding hydrogens is 415 g/mol. The van der Waals surface area contributed by atoms with Crippen LogP contribution in [0.15, 0.2) is 23.2 Å². The first-order valence-corrected chi connectivity index (χ1v) is 7.54. The van der Waals surface area contributed by atoms with Gasteiger partial charge in [0.25, 0.3) is 0 Å². The molecule has 0 bridgehead atoms. The third-order valence-corrected chi connectivity index (χ3v) is 3.18. The predicted molar refractivity (Wildman–Crippen MR) is 101 cm³/mol. The number of halogens is 3. The fourth-order valence-electron chi connectivity index (χ4n) is 1.99. The summed E-state index contributed by atoms with van der Waals surface area (Å²) in [6.07, 6.45) is 0.878. The summed E-state index contributed by atoms with van der Waals surface area (Å²) in [4.78, 5) is 4.44. The maximum atomic E-state index is 13.7. The molecule has 0 radical (unpaired) electrons. The number of ether oxygens (including phenoxy) is 1. The van der Waals surface area contributed by atoms with Crippen molar-refractivity contribution < 1.29 is 13.5 Å². The van der Waals surface area contributed by atoms with Crippen LogP contribution in [0.1, 0.15) is 31.7 Å². The third kappa shape index (κ3) is 8.45. The summed E-state index contributed by atoms with van der Waals surface area (Å²) in [5, 5.41) is 6.33. The van der Waals surface area contributed by atoms with Crippen LogP contribution in [0.4, 0.5) is 8.78 Å². The zero-order chi connectivity index (χ0) is 16.4. The molecule has 2 N–H and O–H groups in total. The van der Waals surface area contributed by atoms with Gasteiger partial charge in [-0.2, -0.15) is 0 Å². The number of guanidine groups is 1. The highest BCUT2D eigenvalue weighted by atomic mass is 127. The van der Waals surface area contributed by atoms with Gasteiger partial charge in [-0.15, -0.1) is 24.0 Å². The molecule has 0 saturated carbocycles. The van der Waals surface area contributed by atoms with E-state index in [-0.39, 0.29) is 29.9 Å². The van der Waals surface area contributed by atoms with Crippen molar-refractivity contribution in [2.45, 2.75) is 26.2 Å². The van der Waals surface area contributed by atoms with Gasteiger partial charge in [-0.05, 0) is 25.0 Å². The van der Waals surface area contributed by atoms with Crippen molar-refractivity contribution in [1.29, 1.82) is 0 Å². The van der Waals surface area contributed by atoms with Crippen molar-refractivity contribution in [3.8, 4) is 0 Å². The molecule has 0 saturated heterocycles. The van der Waals surface area contributed by atoms with Gasteiger partial charge in [0, 0.05) is 45.3 Å². The fraction of sp³-hybridized carbons (Fsp3) is 0.562. The molecule has 1 aromatic rings. The Morgan fingerprint density at radius 1 is 1.30 bits per heavy atom. The lowest BCUT2D eigenvalue weighted by Crippen LogP contribution is -2.38. The Morgan fingerprint density at radius 3 is 2.65 bits per heavy atom. The molecule has 132 valence electrons. The van der Waals surface area contributed by atoms with Crippen LogP contribution in [0, 0.1) is 11.6 Å². The monoisotopic (exact) mass is 441 g/mol. The van der Waals surface area contributed by atoms with Crippen LogP contribution in [0.3, 0.4) is 0 Å². The summed E-state index contributed by atoms with van der Waals surface area (Å²) in [7, 11) is 1.66. The van der Waals surface area contributed by atoms with Crippen molar-refractivity contribution >= 4 is 29.9 Å². The van der Waals surface area contributed by atoms with Crippen molar-refractivity contribution in [2.24, 2.45) is 4.99 Å². The molecule has 7 heteroatoms. The van der Waals surface area contributed by atoms with E-state index in [1.165, 1.54) is 12.1 Å². The second kappa shape index (κ2) is 12.5. The van der Waals surface area contributed by atoms with Gasteiger partial charge in [0.1, 0.15) is 11.6 Å². The van der Waals surface area contributed by atoms with Gasteiger partial charge in [-0.3, -0.25) is 4.99 Å². The molecule has 23 heavy (non-hydrogen) atoms. The molecule has 0 amide bonds. The third-order valence-electron chi connectivity index (χ3n) is 3.18. The number of nitrogens with one attached hydrogen (secondary N) is 2. The topological polar surface area (TPSA) is 45.7 Å². The van der Waals surface area contributed by atoms with Crippen molar-refractivity contribution in [2.75, 3.05) is 33.4 Å². The van der Waals surface area contributed by atoms with E-state index in [1.54, 1.807) is 7.11 Å². The minimum atomic E-state index is -0.565. The molecule has 1 rings (SSSR count). The van der Waals surface area contributed by atoms with E-state index >= 15 is 0 Å². The lowest BCUT2D eigenvalue weighted by Gasteiger charge is -2.14. The largest absolute Gasteiger partial charge is 0.385 e. The predicted octanol–water partition coefficient (Wildman–Crippen LogP) is 3.28. The maximum Gasteiger partial charge on any atom is 0.191 e. The van der Waals surface area contributed by atoms with E-state index < -0.39 is 11.6 Å². The minimum absolute atomic E-state index is 0. The number of rotatable bonds is 8. The zero-order valence-electron chi connectivity index (χ0n) is 13.9. The molecule has 0 aliphatic rings. The summed E-state index contributed by atoms with van der Waals surface area (Å²) in [6, 6.07) is 3.65. The van der Waals surface area contributed by atoms with Crippen LogP contribution in [-0.2, 0) is 4.74 Å². The summed E-state index contributed by atoms with van der Waals surface area (Å²) in [6.45, 7) is 6.45. The maximum absolute atomic E-state index is 13.7.